The summed E-state index contributed by atoms with van der Waals surface area (Å²) in [6, 6.07) is 9.06. The summed E-state index contributed by atoms with van der Waals surface area (Å²) in [5, 5.41) is 5.48. The van der Waals surface area contributed by atoms with Gasteiger partial charge in [-0.05, 0) is 12.1 Å². The van der Waals surface area contributed by atoms with Gasteiger partial charge < -0.3 is 14.4 Å². The largest absolute Gasteiger partial charge is 0.383 e. The number of nitrogens with zero attached hydrogens (tertiary/aromatic N) is 3. The minimum atomic E-state index is -0.258. The number of carbonyl (C=O) groups excluding carboxylic acids is 2. The topological polar surface area (TPSA) is 71.4 Å². The third-order valence-electron chi connectivity index (χ3n) is 3.44. The average Bonchev–Trinajstić information content (AvgIpc) is 2.97. The SMILES string of the molecule is COCCN(CCOC)C(=O)C1=NN(c2ccccc2)C(=O)C1. The van der Waals surface area contributed by atoms with E-state index in [0.717, 1.165) is 0 Å². The second kappa shape index (κ2) is 8.40. The van der Waals surface area contributed by atoms with Crippen molar-refractivity contribution >= 4 is 23.2 Å². The first kappa shape index (κ1) is 17.1. The number of hydrazone groups is 1. The predicted molar refractivity (Wildman–Crippen MR) is 86.3 cm³/mol. The van der Waals surface area contributed by atoms with Gasteiger partial charge in [-0.25, -0.2) is 0 Å². The van der Waals surface area contributed by atoms with Gasteiger partial charge in [-0.15, -0.1) is 0 Å². The zero-order valence-corrected chi connectivity index (χ0v) is 13.4. The molecule has 7 nitrogen and oxygen atoms in total. The molecule has 124 valence electrons. The van der Waals surface area contributed by atoms with Crippen molar-refractivity contribution in [1.29, 1.82) is 0 Å². The Morgan fingerprint density at radius 1 is 1.17 bits per heavy atom. The summed E-state index contributed by atoms with van der Waals surface area (Å²) < 4.78 is 10.0. The van der Waals surface area contributed by atoms with Gasteiger partial charge in [0.2, 0.25) is 0 Å². The van der Waals surface area contributed by atoms with Crippen LogP contribution in [-0.4, -0.2) is 62.9 Å². The Morgan fingerprint density at radius 3 is 2.35 bits per heavy atom. The maximum atomic E-state index is 12.6. The Morgan fingerprint density at radius 2 is 1.78 bits per heavy atom. The second-order valence-corrected chi connectivity index (χ2v) is 5.04. The van der Waals surface area contributed by atoms with E-state index < -0.39 is 0 Å². The molecule has 2 rings (SSSR count). The summed E-state index contributed by atoms with van der Waals surface area (Å²) in [5.74, 6) is -0.469. The van der Waals surface area contributed by atoms with E-state index in [4.69, 9.17) is 9.47 Å². The average molecular weight is 319 g/mol. The van der Waals surface area contributed by atoms with Crippen LogP contribution in [0, 0.1) is 0 Å². The van der Waals surface area contributed by atoms with Crippen molar-refractivity contribution in [1.82, 2.24) is 4.90 Å². The zero-order chi connectivity index (χ0) is 16.7. The van der Waals surface area contributed by atoms with Crippen molar-refractivity contribution in [2.75, 3.05) is 45.5 Å². The molecule has 0 aliphatic carbocycles. The molecule has 1 heterocycles. The van der Waals surface area contributed by atoms with E-state index in [2.05, 4.69) is 5.10 Å². The van der Waals surface area contributed by atoms with Gasteiger partial charge in [0, 0.05) is 27.3 Å². The van der Waals surface area contributed by atoms with Crippen LogP contribution in [0.1, 0.15) is 6.42 Å². The summed E-state index contributed by atoms with van der Waals surface area (Å²) in [6.07, 6.45) is 0.00416. The number of rotatable bonds is 8. The van der Waals surface area contributed by atoms with Gasteiger partial charge in [0.05, 0.1) is 25.3 Å². The predicted octanol–water partition coefficient (Wildman–Crippen LogP) is 0.901. The molecule has 0 fully saturated rings. The van der Waals surface area contributed by atoms with Crippen molar-refractivity contribution in [3.05, 3.63) is 30.3 Å². The number of hydrogen-bond acceptors (Lipinski definition) is 5. The van der Waals surface area contributed by atoms with Crippen LogP contribution in [0.15, 0.2) is 35.4 Å². The molecule has 0 unspecified atom stereocenters. The highest BCUT2D eigenvalue weighted by Crippen LogP contribution is 2.20. The quantitative estimate of drug-likeness (QED) is 0.714. The van der Waals surface area contributed by atoms with Gasteiger partial charge in [-0.2, -0.15) is 10.1 Å². The van der Waals surface area contributed by atoms with E-state index >= 15 is 0 Å². The molecule has 1 aliphatic rings. The summed E-state index contributed by atoms with van der Waals surface area (Å²) in [5.41, 5.74) is 0.895. The van der Waals surface area contributed by atoms with Crippen LogP contribution in [0.5, 0.6) is 0 Å². The summed E-state index contributed by atoms with van der Waals surface area (Å²) in [4.78, 5) is 26.3. The van der Waals surface area contributed by atoms with Crippen molar-refractivity contribution in [3.63, 3.8) is 0 Å². The number of para-hydroxylation sites is 1. The molecule has 0 bridgehead atoms. The maximum Gasteiger partial charge on any atom is 0.270 e. The molecule has 0 atom stereocenters. The lowest BCUT2D eigenvalue weighted by Crippen LogP contribution is -2.40. The Balaban J connectivity index is 2.12. The van der Waals surface area contributed by atoms with Crippen LogP contribution in [0.4, 0.5) is 5.69 Å². The lowest BCUT2D eigenvalue weighted by molar-refractivity contribution is -0.126. The Hall–Kier alpha value is -2.25. The minimum absolute atomic E-state index is 0.00416. The minimum Gasteiger partial charge on any atom is -0.383 e. The van der Waals surface area contributed by atoms with Gasteiger partial charge in [-0.3, -0.25) is 9.59 Å². The zero-order valence-electron chi connectivity index (χ0n) is 13.4. The van der Waals surface area contributed by atoms with Crippen molar-refractivity contribution < 1.29 is 19.1 Å². The first-order valence-electron chi connectivity index (χ1n) is 7.40. The number of benzene rings is 1. The van der Waals surface area contributed by atoms with Gasteiger partial charge >= 0.3 is 0 Å². The molecule has 0 N–H and O–H groups in total. The third-order valence-corrected chi connectivity index (χ3v) is 3.44. The van der Waals surface area contributed by atoms with Crippen molar-refractivity contribution in [3.8, 4) is 0 Å². The van der Waals surface area contributed by atoms with Crippen LogP contribution in [0.25, 0.3) is 0 Å². The Bertz CT molecular complexity index is 566. The van der Waals surface area contributed by atoms with E-state index in [1.807, 2.05) is 18.2 Å². The molecular formula is C16H21N3O4. The second-order valence-electron chi connectivity index (χ2n) is 5.04. The fourth-order valence-corrected chi connectivity index (χ4v) is 2.22. The molecule has 0 saturated carbocycles. The third kappa shape index (κ3) is 4.37. The van der Waals surface area contributed by atoms with Crippen molar-refractivity contribution in [2.24, 2.45) is 5.10 Å². The summed E-state index contributed by atoms with van der Waals surface area (Å²) in [6.45, 7) is 1.69. The van der Waals surface area contributed by atoms with E-state index in [-0.39, 0.29) is 23.9 Å². The Kier molecular flexibility index (Phi) is 6.25. The normalized spacial score (nSPS) is 14.1. The molecule has 0 radical (unpaired) electrons. The van der Waals surface area contributed by atoms with Crippen LogP contribution in [0.3, 0.4) is 0 Å². The highest BCUT2D eigenvalue weighted by molar-refractivity contribution is 6.44. The molecule has 7 heteroatoms. The van der Waals surface area contributed by atoms with Crippen LogP contribution >= 0.6 is 0 Å². The van der Waals surface area contributed by atoms with Crippen molar-refractivity contribution in [2.45, 2.75) is 6.42 Å². The molecule has 0 spiro atoms. The van der Waals surface area contributed by atoms with E-state index in [0.29, 0.717) is 32.0 Å². The lowest BCUT2D eigenvalue weighted by Gasteiger charge is -2.21. The standard InChI is InChI=1S/C16H21N3O4/c1-22-10-8-18(9-11-23-2)16(21)14-12-15(20)19(17-14)13-6-4-3-5-7-13/h3-7H,8-12H2,1-2H3. The number of ether oxygens (including phenoxy) is 2. The monoisotopic (exact) mass is 319 g/mol. The smallest absolute Gasteiger partial charge is 0.270 e. The number of carbonyl (C=O) groups is 2. The molecule has 0 aromatic heterocycles. The molecule has 1 aliphatic heterocycles. The molecule has 0 saturated heterocycles. The first-order valence-corrected chi connectivity index (χ1v) is 7.40. The summed E-state index contributed by atoms with van der Waals surface area (Å²) >= 11 is 0. The molecule has 23 heavy (non-hydrogen) atoms. The summed E-state index contributed by atoms with van der Waals surface area (Å²) in [7, 11) is 3.15. The maximum absolute atomic E-state index is 12.6. The number of amides is 2. The molecule has 1 aromatic carbocycles. The molecular weight excluding hydrogens is 298 g/mol. The molecule has 1 aromatic rings. The highest BCUT2D eigenvalue weighted by Gasteiger charge is 2.31. The number of hydrogen-bond donors (Lipinski definition) is 0. The fourth-order valence-electron chi connectivity index (χ4n) is 2.22. The van der Waals surface area contributed by atoms with Crippen LogP contribution in [-0.2, 0) is 19.1 Å². The fraction of sp³-hybridized carbons (Fsp3) is 0.438. The Labute approximate surface area is 135 Å². The number of anilines is 1. The van der Waals surface area contributed by atoms with E-state index in [1.165, 1.54) is 5.01 Å². The highest BCUT2D eigenvalue weighted by atomic mass is 16.5. The van der Waals surface area contributed by atoms with Crippen LogP contribution < -0.4 is 5.01 Å². The van der Waals surface area contributed by atoms with Gasteiger partial charge in [0.1, 0.15) is 5.71 Å². The lowest BCUT2D eigenvalue weighted by atomic mass is 10.2. The van der Waals surface area contributed by atoms with E-state index in [9.17, 15) is 9.59 Å². The van der Waals surface area contributed by atoms with E-state index in [1.54, 1.807) is 31.3 Å². The first-order chi connectivity index (χ1) is 11.2. The molecule has 2 amide bonds. The number of methoxy groups -OCH3 is 2. The van der Waals surface area contributed by atoms with Crippen LogP contribution in [0.2, 0.25) is 0 Å². The van der Waals surface area contributed by atoms with Gasteiger partial charge in [0.25, 0.3) is 11.8 Å². The van der Waals surface area contributed by atoms with Gasteiger partial charge in [0.15, 0.2) is 0 Å². The van der Waals surface area contributed by atoms with Gasteiger partial charge in [-0.1, -0.05) is 18.2 Å².